The minimum Gasteiger partial charge on any atom is -0.361 e. The molecule has 0 amide bonds. The maximum absolute atomic E-state index is 5.74. The Morgan fingerprint density at radius 2 is 1.92 bits per heavy atom. The molecule has 0 atom stereocenters. The Bertz CT molecular complexity index is 895. The van der Waals surface area contributed by atoms with Gasteiger partial charge in [-0.15, -0.1) is 0 Å². The van der Waals surface area contributed by atoms with E-state index in [2.05, 4.69) is 91.6 Å². The standard InChI is InChI=1S/C21H25N3S/c1-14(2)24(13-17-12-22-19-8-6-5-7-18(17)19)21(25)23-20-11-15(3)9-10-16(20)4/h5-12,14,22H,13H2,1-4H3,(H,23,25). The number of rotatable bonds is 4. The summed E-state index contributed by atoms with van der Waals surface area (Å²) in [4.78, 5) is 5.58. The molecule has 1 aromatic heterocycles. The van der Waals surface area contributed by atoms with Crippen LogP contribution in [0, 0.1) is 13.8 Å². The number of thiocarbonyl (C=S) groups is 1. The zero-order valence-electron chi connectivity index (χ0n) is 15.3. The second-order valence-electron chi connectivity index (χ2n) is 6.83. The molecule has 2 aromatic carbocycles. The van der Waals surface area contributed by atoms with Gasteiger partial charge >= 0.3 is 0 Å². The Labute approximate surface area is 155 Å². The first-order valence-corrected chi connectivity index (χ1v) is 9.06. The first kappa shape index (κ1) is 17.5. The highest BCUT2D eigenvalue weighted by atomic mass is 32.1. The summed E-state index contributed by atoms with van der Waals surface area (Å²) >= 11 is 5.74. The fraction of sp³-hybridized carbons (Fsp3) is 0.286. The van der Waals surface area contributed by atoms with Gasteiger partial charge in [0.1, 0.15) is 0 Å². The average Bonchev–Trinajstić information content (AvgIpc) is 2.98. The molecule has 3 nitrogen and oxygen atoms in total. The predicted octanol–water partition coefficient (Wildman–Crippen LogP) is 5.39. The summed E-state index contributed by atoms with van der Waals surface area (Å²) < 4.78 is 0. The van der Waals surface area contributed by atoms with Crippen molar-refractivity contribution in [2.75, 3.05) is 5.32 Å². The number of fused-ring (bicyclic) bond motifs is 1. The summed E-state index contributed by atoms with van der Waals surface area (Å²) in [6.45, 7) is 9.32. The smallest absolute Gasteiger partial charge is 0.173 e. The van der Waals surface area contributed by atoms with Crippen LogP contribution in [0.15, 0.2) is 48.7 Å². The lowest BCUT2D eigenvalue weighted by Gasteiger charge is -2.30. The van der Waals surface area contributed by atoms with Crippen LogP contribution in [0.5, 0.6) is 0 Å². The minimum absolute atomic E-state index is 0.304. The number of anilines is 1. The van der Waals surface area contributed by atoms with Crippen molar-refractivity contribution in [3.05, 3.63) is 65.4 Å². The van der Waals surface area contributed by atoms with Crippen molar-refractivity contribution >= 4 is 33.9 Å². The van der Waals surface area contributed by atoms with E-state index in [1.807, 2.05) is 0 Å². The van der Waals surface area contributed by atoms with Crippen molar-refractivity contribution in [1.29, 1.82) is 0 Å². The van der Waals surface area contributed by atoms with E-state index in [1.54, 1.807) is 0 Å². The van der Waals surface area contributed by atoms with E-state index < -0.39 is 0 Å². The molecule has 4 heteroatoms. The molecule has 130 valence electrons. The number of aromatic nitrogens is 1. The van der Waals surface area contributed by atoms with E-state index in [0.29, 0.717) is 6.04 Å². The Morgan fingerprint density at radius 1 is 1.16 bits per heavy atom. The molecule has 0 aliphatic rings. The van der Waals surface area contributed by atoms with Crippen LogP contribution < -0.4 is 5.32 Å². The Morgan fingerprint density at radius 3 is 2.68 bits per heavy atom. The number of para-hydroxylation sites is 1. The fourth-order valence-corrected chi connectivity index (χ4v) is 3.38. The third kappa shape index (κ3) is 3.85. The zero-order chi connectivity index (χ0) is 18.0. The van der Waals surface area contributed by atoms with Crippen molar-refractivity contribution in [1.82, 2.24) is 9.88 Å². The van der Waals surface area contributed by atoms with E-state index in [-0.39, 0.29) is 0 Å². The highest BCUT2D eigenvalue weighted by Gasteiger charge is 2.16. The van der Waals surface area contributed by atoms with Crippen LogP contribution in [0.25, 0.3) is 10.9 Å². The molecule has 0 aliphatic carbocycles. The number of aromatic amines is 1. The second-order valence-corrected chi connectivity index (χ2v) is 7.22. The summed E-state index contributed by atoms with van der Waals surface area (Å²) in [7, 11) is 0. The third-order valence-electron chi connectivity index (χ3n) is 4.53. The van der Waals surface area contributed by atoms with Crippen molar-refractivity contribution in [2.45, 2.75) is 40.3 Å². The lowest BCUT2D eigenvalue weighted by Crippen LogP contribution is -2.39. The summed E-state index contributed by atoms with van der Waals surface area (Å²) in [5, 5.41) is 5.45. The van der Waals surface area contributed by atoms with Gasteiger partial charge in [-0.1, -0.05) is 30.3 Å². The van der Waals surface area contributed by atoms with Gasteiger partial charge in [-0.2, -0.15) is 0 Å². The average molecular weight is 352 g/mol. The first-order valence-electron chi connectivity index (χ1n) is 8.65. The molecular formula is C21H25N3S. The number of hydrogen-bond acceptors (Lipinski definition) is 1. The van der Waals surface area contributed by atoms with Gasteiger partial charge in [0.15, 0.2) is 5.11 Å². The van der Waals surface area contributed by atoms with Crippen LogP contribution in [-0.4, -0.2) is 21.0 Å². The Hall–Kier alpha value is -2.33. The number of benzene rings is 2. The Kier molecular flexibility index (Phi) is 5.09. The van der Waals surface area contributed by atoms with Gasteiger partial charge in [0.2, 0.25) is 0 Å². The monoisotopic (exact) mass is 351 g/mol. The van der Waals surface area contributed by atoms with Gasteiger partial charge in [-0.05, 0) is 68.7 Å². The maximum atomic E-state index is 5.74. The SMILES string of the molecule is Cc1ccc(C)c(NC(=S)N(Cc2c[nH]c3ccccc23)C(C)C)c1. The van der Waals surface area contributed by atoms with Crippen LogP contribution in [0.4, 0.5) is 5.69 Å². The van der Waals surface area contributed by atoms with E-state index in [4.69, 9.17) is 12.2 Å². The van der Waals surface area contributed by atoms with Gasteiger partial charge < -0.3 is 15.2 Å². The molecule has 0 bridgehead atoms. The zero-order valence-corrected chi connectivity index (χ0v) is 16.1. The van der Waals surface area contributed by atoms with Gasteiger partial charge in [0, 0.05) is 35.4 Å². The molecule has 0 saturated heterocycles. The van der Waals surface area contributed by atoms with Gasteiger partial charge in [-0.25, -0.2) is 0 Å². The molecule has 0 fully saturated rings. The summed E-state index contributed by atoms with van der Waals surface area (Å²) in [6, 6.07) is 15.1. The Balaban J connectivity index is 1.83. The molecule has 0 aliphatic heterocycles. The number of H-pyrrole nitrogens is 1. The van der Waals surface area contributed by atoms with E-state index in [1.165, 1.54) is 22.1 Å². The van der Waals surface area contributed by atoms with E-state index in [9.17, 15) is 0 Å². The topological polar surface area (TPSA) is 31.1 Å². The molecule has 0 spiro atoms. The fourth-order valence-electron chi connectivity index (χ4n) is 2.99. The maximum Gasteiger partial charge on any atom is 0.173 e. The summed E-state index contributed by atoms with van der Waals surface area (Å²) in [5.74, 6) is 0. The van der Waals surface area contributed by atoms with Crippen LogP contribution in [0.1, 0.15) is 30.5 Å². The number of hydrogen-bond donors (Lipinski definition) is 2. The first-order chi connectivity index (χ1) is 12.0. The van der Waals surface area contributed by atoms with Gasteiger partial charge in [-0.3, -0.25) is 0 Å². The summed E-state index contributed by atoms with van der Waals surface area (Å²) in [5.41, 5.74) is 5.92. The molecule has 2 N–H and O–H groups in total. The van der Waals surface area contributed by atoms with Crippen molar-refractivity contribution < 1.29 is 0 Å². The second kappa shape index (κ2) is 7.28. The van der Waals surface area contributed by atoms with Crippen molar-refractivity contribution in [3.8, 4) is 0 Å². The number of aryl methyl sites for hydroxylation is 2. The lowest BCUT2D eigenvalue weighted by molar-refractivity contribution is 0.349. The molecule has 0 saturated carbocycles. The van der Waals surface area contributed by atoms with Crippen molar-refractivity contribution in [2.24, 2.45) is 0 Å². The molecule has 0 unspecified atom stereocenters. The lowest BCUT2D eigenvalue weighted by atomic mass is 10.1. The minimum atomic E-state index is 0.304. The molecule has 3 aromatic rings. The molecule has 0 radical (unpaired) electrons. The molecule has 3 rings (SSSR count). The molecular weight excluding hydrogens is 326 g/mol. The quantitative estimate of drug-likeness (QED) is 0.618. The van der Waals surface area contributed by atoms with Crippen molar-refractivity contribution in [3.63, 3.8) is 0 Å². The largest absolute Gasteiger partial charge is 0.361 e. The molecule has 25 heavy (non-hydrogen) atoms. The van der Waals surface area contributed by atoms with Crippen LogP contribution in [-0.2, 0) is 6.54 Å². The predicted molar refractivity (Wildman–Crippen MR) is 111 cm³/mol. The highest BCUT2D eigenvalue weighted by molar-refractivity contribution is 7.80. The molecule has 1 heterocycles. The normalized spacial score (nSPS) is 11.1. The highest BCUT2D eigenvalue weighted by Crippen LogP contribution is 2.22. The van der Waals surface area contributed by atoms with Crippen LogP contribution in [0.3, 0.4) is 0 Å². The van der Waals surface area contributed by atoms with Crippen LogP contribution in [0.2, 0.25) is 0 Å². The number of nitrogens with one attached hydrogen (secondary N) is 2. The van der Waals surface area contributed by atoms with Gasteiger partial charge in [0.25, 0.3) is 0 Å². The third-order valence-corrected chi connectivity index (χ3v) is 4.87. The summed E-state index contributed by atoms with van der Waals surface area (Å²) in [6.07, 6.45) is 2.08. The van der Waals surface area contributed by atoms with E-state index in [0.717, 1.165) is 22.9 Å². The number of nitrogens with zero attached hydrogens (tertiary/aromatic N) is 1. The van der Waals surface area contributed by atoms with E-state index >= 15 is 0 Å². The van der Waals surface area contributed by atoms with Gasteiger partial charge in [0.05, 0.1) is 0 Å². The van der Waals surface area contributed by atoms with Crippen LogP contribution >= 0.6 is 12.2 Å².